The zero-order chi connectivity index (χ0) is 49.0. The zero-order valence-corrected chi connectivity index (χ0v) is 46.1. The lowest BCUT2D eigenvalue weighted by molar-refractivity contribution is 0.122. The Kier molecular flexibility index (Phi) is 16.0. The van der Waals surface area contributed by atoms with Crippen molar-refractivity contribution in [2.45, 2.75) is 54.6 Å². The molecule has 0 radical (unpaired) electrons. The number of anilines is 3. The highest BCUT2D eigenvalue weighted by Gasteiger charge is 2.26. The second-order valence-corrected chi connectivity index (χ2v) is 23.6. The maximum Gasteiger partial charge on any atom is 0.228 e. The molecular weight excluding hydrogens is 1040 g/mol. The number of aromatic nitrogens is 10. The number of imidazole rings is 2. The molecule has 0 atom stereocenters. The highest BCUT2D eigenvalue weighted by Crippen LogP contribution is 2.35. The van der Waals surface area contributed by atoms with E-state index in [-0.39, 0.29) is 0 Å². The van der Waals surface area contributed by atoms with E-state index >= 15 is 0 Å². The van der Waals surface area contributed by atoms with Gasteiger partial charge in [0.2, 0.25) is 11.9 Å². The van der Waals surface area contributed by atoms with Gasteiger partial charge in [0.1, 0.15) is 16.6 Å². The number of piperazine rings is 2. The number of rotatable bonds is 9. The van der Waals surface area contributed by atoms with Gasteiger partial charge in [0.15, 0.2) is 11.6 Å². The minimum atomic E-state index is 0.708. The van der Waals surface area contributed by atoms with Crippen LogP contribution in [0.25, 0.3) is 32.1 Å². The summed E-state index contributed by atoms with van der Waals surface area (Å²) in [7, 11) is 0. The molecule has 8 aromatic rings. The standard InChI is InChI=1S/C24H30N8OS2.C20H27N7OS.C4H4BrNS/c1-16-13-32(17(2)26-16)23-22-21(27-24(28-23)31-8-10-33-11-9-31)19(15-34-22)14-29-4-6-30(7-5-29)20-12-25-18(3)35-20;1-14-11-27(15(2)22-14)19-18-17(23-20(24-19)26-7-9-28-10-8-26)16(13-29-18)12-25-5-3-21-4-6-25;1-3-6-2-4(5)7-3/h12-13,15H,4-11,14H2,1-3H3;11,13,21H,3-10,12H2,1-2H3;2H,1H3. The van der Waals surface area contributed by atoms with Crippen LogP contribution in [0.5, 0.6) is 0 Å². The van der Waals surface area contributed by atoms with Crippen LogP contribution in [0, 0.1) is 41.5 Å². The Hall–Kier alpha value is -4.56. The molecule has 4 saturated heterocycles. The fourth-order valence-electron chi connectivity index (χ4n) is 9.21. The van der Waals surface area contributed by atoms with Crippen LogP contribution in [0.15, 0.2) is 39.3 Å². The average molecular weight is 1100 g/mol. The fourth-order valence-corrected chi connectivity index (χ4v) is 13.3. The highest BCUT2D eigenvalue weighted by molar-refractivity contribution is 9.11. The van der Waals surface area contributed by atoms with Gasteiger partial charge in [-0.2, -0.15) is 9.97 Å². The van der Waals surface area contributed by atoms with Gasteiger partial charge in [-0.05, 0) is 68.2 Å². The van der Waals surface area contributed by atoms with Gasteiger partial charge in [-0.3, -0.25) is 18.9 Å². The highest BCUT2D eigenvalue weighted by atomic mass is 79.9. The summed E-state index contributed by atoms with van der Waals surface area (Å²) in [6, 6.07) is 0. The van der Waals surface area contributed by atoms with E-state index in [4.69, 9.17) is 29.4 Å². The second kappa shape index (κ2) is 22.7. The van der Waals surface area contributed by atoms with Crippen molar-refractivity contribution >= 4 is 98.6 Å². The van der Waals surface area contributed by atoms with E-state index < -0.39 is 0 Å². The van der Waals surface area contributed by atoms with Gasteiger partial charge in [0, 0.05) is 115 Å². The molecule has 376 valence electrons. The molecule has 0 amide bonds. The number of thiophene rings is 2. The first-order valence-electron chi connectivity index (χ1n) is 24.2. The Morgan fingerprint density at radius 2 is 1.03 bits per heavy atom. The Morgan fingerprint density at radius 1 is 0.549 bits per heavy atom. The molecule has 4 aliphatic heterocycles. The molecule has 12 rings (SSSR count). The van der Waals surface area contributed by atoms with Crippen LogP contribution in [0.2, 0.25) is 0 Å². The van der Waals surface area contributed by atoms with Gasteiger partial charge in [0.05, 0.1) is 84.4 Å². The number of morpholine rings is 2. The van der Waals surface area contributed by atoms with Crippen LogP contribution < -0.4 is 20.0 Å². The molecule has 0 bridgehead atoms. The Balaban J connectivity index is 0.000000146. The molecule has 71 heavy (non-hydrogen) atoms. The fraction of sp³-hybridized carbons (Fsp3) is 0.500. The number of ether oxygens (including phenoxy) is 2. The van der Waals surface area contributed by atoms with Gasteiger partial charge in [-0.15, -0.1) is 45.3 Å². The zero-order valence-electron chi connectivity index (χ0n) is 41.2. The van der Waals surface area contributed by atoms with Gasteiger partial charge in [-0.1, -0.05) is 0 Å². The number of nitrogens with zero attached hydrogens (tertiary/aromatic N) is 15. The van der Waals surface area contributed by atoms with Gasteiger partial charge in [-0.25, -0.2) is 29.9 Å². The maximum atomic E-state index is 5.57. The number of hydrogen-bond donors (Lipinski definition) is 1. The molecule has 18 nitrogen and oxygen atoms in total. The van der Waals surface area contributed by atoms with Crippen molar-refractivity contribution < 1.29 is 9.47 Å². The molecule has 8 aromatic heterocycles. The van der Waals surface area contributed by atoms with E-state index in [1.165, 1.54) is 16.1 Å². The van der Waals surface area contributed by atoms with Crippen molar-refractivity contribution in [3.05, 3.63) is 83.5 Å². The number of thiazole rings is 2. The quantitative estimate of drug-likeness (QED) is 0.153. The van der Waals surface area contributed by atoms with Gasteiger partial charge < -0.3 is 29.5 Å². The first-order chi connectivity index (χ1) is 34.5. The average Bonchev–Trinajstić information content (AvgIpc) is 4.27. The summed E-state index contributed by atoms with van der Waals surface area (Å²) in [5.41, 5.74) is 6.70. The van der Waals surface area contributed by atoms with Crippen molar-refractivity contribution in [2.75, 3.05) is 120 Å². The molecule has 0 saturated carbocycles. The third-order valence-electron chi connectivity index (χ3n) is 12.9. The second-order valence-electron chi connectivity index (χ2n) is 18.1. The van der Waals surface area contributed by atoms with Crippen LogP contribution in [-0.2, 0) is 22.6 Å². The maximum absolute atomic E-state index is 5.57. The van der Waals surface area contributed by atoms with E-state index in [1.54, 1.807) is 51.5 Å². The summed E-state index contributed by atoms with van der Waals surface area (Å²) in [6.07, 6.45) is 7.95. The molecule has 0 spiro atoms. The molecular formula is C48H61BrN16O2S4. The van der Waals surface area contributed by atoms with Crippen molar-refractivity contribution in [1.29, 1.82) is 0 Å². The lowest BCUT2D eigenvalue weighted by atomic mass is 10.2. The van der Waals surface area contributed by atoms with E-state index in [9.17, 15) is 0 Å². The van der Waals surface area contributed by atoms with Crippen molar-refractivity contribution in [3.63, 3.8) is 0 Å². The Bertz CT molecular complexity index is 3030. The Morgan fingerprint density at radius 3 is 1.44 bits per heavy atom. The molecule has 1 N–H and O–H groups in total. The molecule has 4 aliphatic rings. The van der Waals surface area contributed by atoms with E-state index in [1.807, 2.05) is 40.8 Å². The number of nitrogens with one attached hydrogen (secondary N) is 1. The predicted molar refractivity (Wildman–Crippen MR) is 291 cm³/mol. The largest absolute Gasteiger partial charge is 0.378 e. The summed E-state index contributed by atoms with van der Waals surface area (Å²) < 4.78 is 18.7. The van der Waals surface area contributed by atoms with E-state index in [2.05, 4.69) is 105 Å². The number of hydrogen-bond acceptors (Lipinski definition) is 20. The first kappa shape index (κ1) is 50.0. The van der Waals surface area contributed by atoms with Gasteiger partial charge >= 0.3 is 0 Å². The van der Waals surface area contributed by atoms with Crippen molar-refractivity contribution in [3.8, 4) is 11.6 Å². The van der Waals surface area contributed by atoms with Crippen LogP contribution in [-0.4, -0.2) is 164 Å². The minimum absolute atomic E-state index is 0.708. The summed E-state index contributed by atoms with van der Waals surface area (Å²) in [4.78, 5) is 49.8. The first-order valence-corrected chi connectivity index (χ1v) is 28.4. The third kappa shape index (κ3) is 11.8. The number of aryl methyl sites for hydroxylation is 6. The monoisotopic (exact) mass is 1100 g/mol. The minimum Gasteiger partial charge on any atom is -0.378 e. The van der Waals surface area contributed by atoms with Crippen molar-refractivity contribution in [1.82, 2.24) is 64.1 Å². The molecule has 12 heterocycles. The van der Waals surface area contributed by atoms with Crippen LogP contribution in [0.4, 0.5) is 16.9 Å². The molecule has 4 fully saturated rings. The summed E-state index contributed by atoms with van der Waals surface area (Å²) in [6.45, 7) is 28.5. The topological polar surface area (TPSA) is 160 Å². The Labute approximate surface area is 438 Å². The smallest absolute Gasteiger partial charge is 0.228 e. The third-order valence-corrected chi connectivity index (χ3v) is 17.2. The molecule has 0 unspecified atom stereocenters. The number of fused-ring (bicyclic) bond motifs is 2. The molecule has 0 aromatic carbocycles. The summed E-state index contributed by atoms with van der Waals surface area (Å²) in [5.74, 6) is 5.34. The molecule has 23 heteroatoms. The lowest BCUT2D eigenvalue weighted by Crippen LogP contribution is -2.45. The van der Waals surface area contributed by atoms with E-state index in [0.717, 1.165) is 186 Å². The van der Waals surface area contributed by atoms with E-state index in [0.29, 0.717) is 13.2 Å². The lowest BCUT2D eigenvalue weighted by Gasteiger charge is -2.35. The summed E-state index contributed by atoms with van der Waals surface area (Å²) in [5, 5.41) is 11.5. The SMILES string of the molecule is Cc1cn(-c2nc(N3CCOCC3)nc3c(CN4CCN(c5cnc(C)s5)CC4)csc23)c(C)n1.Cc1cn(-c2nc(N3CCOCC3)nc3c(CN4CCNCC4)csc23)c(C)n1.Cc1ncc(Br)s1. The molecule has 0 aliphatic carbocycles. The van der Waals surface area contributed by atoms with Gasteiger partial charge in [0.25, 0.3) is 0 Å². The predicted octanol–water partition coefficient (Wildman–Crippen LogP) is 7.37. The van der Waals surface area contributed by atoms with Crippen molar-refractivity contribution in [2.24, 2.45) is 0 Å². The van der Waals surface area contributed by atoms with Crippen LogP contribution >= 0.6 is 61.3 Å². The normalized spacial score (nSPS) is 17.2. The number of halogens is 1. The summed E-state index contributed by atoms with van der Waals surface area (Å²) >= 11 is 10.2. The van der Waals surface area contributed by atoms with Crippen LogP contribution in [0.3, 0.4) is 0 Å². The van der Waals surface area contributed by atoms with Crippen LogP contribution in [0.1, 0.15) is 44.2 Å².